The van der Waals surface area contributed by atoms with Crippen LogP contribution in [-0.4, -0.2) is 45.0 Å². The Kier molecular flexibility index (Phi) is 7.34. The molecule has 0 atom stereocenters. The number of sulfone groups is 1. The van der Waals surface area contributed by atoms with E-state index in [1.54, 1.807) is 29.1 Å². The highest BCUT2D eigenvalue weighted by Crippen LogP contribution is 2.30. The van der Waals surface area contributed by atoms with Gasteiger partial charge in [0.15, 0.2) is 0 Å². The maximum Gasteiger partial charge on any atom is 0.242 e. The van der Waals surface area contributed by atoms with Gasteiger partial charge in [0.05, 0.1) is 15.5 Å². The summed E-state index contributed by atoms with van der Waals surface area (Å²) in [6, 6.07) is 22.6. The van der Waals surface area contributed by atoms with Crippen molar-refractivity contribution in [3.8, 4) is 23.0 Å². The minimum atomic E-state index is -4.14. The molecule has 37 heavy (non-hydrogen) atoms. The van der Waals surface area contributed by atoms with Gasteiger partial charge in [0.1, 0.15) is 16.7 Å². The molecule has 0 saturated heterocycles. The highest BCUT2D eigenvalue weighted by molar-refractivity contribution is 7.95. The molecule has 8 nitrogen and oxygen atoms in total. The molecule has 0 aliphatic rings. The maximum absolute atomic E-state index is 13.2. The summed E-state index contributed by atoms with van der Waals surface area (Å²) in [4.78, 5) is -0.445. The molecular weight excluding hydrogens is 532 g/mol. The number of aromatic nitrogens is 2. The average molecular weight is 553 g/mol. The van der Waals surface area contributed by atoms with E-state index in [0.717, 1.165) is 4.31 Å². The van der Waals surface area contributed by atoms with Crippen LogP contribution in [-0.2, 0) is 19.9 Å². The molecule has 0 saturated carbocycles. The first kappa shape index (κ1) is 26.3. The zero-order valence-corrected chi connectivity index (χ0v) is 22.2. The van der Waals surface area contributed by atoms with E-state index in [0.29, 0.717) is 27.5 Å². The second-order valence-corrected chi connectivity index (χ2v) is 12.6. The van der Waals surface area contributed by atoms with Crippen molar-refractivity contribution in [2.45, 2.75) is 9.79 Å². The van der Waals surface area contributed by atoms with Gasteiger partial charge in [-0.1, -0.05) is 41.9 Å². The molecule has 0 spiro atoms. The number of nitriles is 1. The van der Waals surface area contributed by atoms with Crippen molar-refractivity contribution in [3.05, 3.63) is 101 Å². The summed E-state index contributed by atoms with van der Waals surface area (Å²) in [5.74, 6) is 0. The molecule has 0 N–H and O–H groups in total. The van der Waals surface area contributed by atoms with Crippen LogP contribution in [0.2, 0.25) is 5.02 Å². The molecule has 0 unspecified atom stereocenters. The van der Waals surface area contributed by atoms with Gasteiger partial charge in [0.25, 0.3) is 0 Å². The molecule has 11 heteroatoms. The summed E-state index contributed by atoms with van der Waals surface area (Å²) in [5, 5.41) is 14.8. The van der Waals surface area contributed by atoms with Gasteiger partial charge in [-0.15, -0.1) is 0 Å². The molecule has 188 valence electrons. The van der Waals surface area contributed by atoms with Crippen molar-refractivity contribution < 1.29 is 16.8 Å². The zero-order valence-electron chi connectivity index (χ0n) is 19.8. The smallest absolute Gasteiger partial charge is 0.240 e. The lowest BCUT2D eigenvalue weighted by atomic mass is 10.1. The highest BCUT2D eigenvalue weighted by atomic mass is 35.5. The highest BCUT2D eigenvalue weighted by Gasteiger charge is 2.23. The van der Waals surface area contributed by atoms with E-state index >= 15 is 0 Å². The number of halogens is 1. The first-order valence-electron chi connectivity index (χ1n) is 10.8. The normalized spacial score (nSPS) is 12.5. The molecule has 0 amide bonds. The van der Waals surface area contributed by atoms with E-state index in [9.17, 15) is 22.1 Å². The molecule has 0 fully saturated rings. The summed E-state index contributed by atoms with van der Waals surface area (Å²) in [6.45, 7) is 0. The quantitative estimate of drug-likeness (QED) is 0.305. The fourth-order valence-electron chi connectivity index (χ4n) is 3.48. The molecule has 0 aliphatic carbocycles. The Labute approximate surface area is 220 Å². The predicted octanol–water partition coefficient (Wildman–Crippen LogP) is 4.78. The van der Waals surface area contributed by atoms with Gasteiger partial charge in [-0.05, 0) is 54.6 Å². The SMILES string of the molecule is CN(C)S(=O)(=O)c1ccc(-c2nn(-c3ccccc3)cc2C=C(C#N)S(=O)(=O)c2ccc(Cl)cc2)cc1. The Morgan fingerprint density at radius 2 is 1.51 bits per heavy atom. The van der Waals surface area contributed by atoms with Crippen LogP contribution in [0.5, 0.6) is 0 Å². The predicted molar refractivity (Wildman–Crippen MR) is 142 cm³/mol. The number of hydrogen-bond donors (Lipinski definition) is 0. The van der Waals surface area contributed by atoms with Crippen LogP contribution >= 0.6 is 11.6 Å². The van der Waals surface area contributed by atoms with E-state index in [1.165, 1.54) is 56.6 Å². The molecular formula is C26H21ClN4O4S2. The first-order chi connectivity index (χ1) is 17.5. The largest absolute Gasteiger partial charge is 0.242 e. The maximum atomic E-state index is 13.2. The van der Waals surface area contributed by atoms with Gasteiger partial charge < -0.3 is 0 Å². The minimum Gasteiger partial charge on any atom is -0.240 e. The Hall–Kier alpha value is -3.75. The third kappa shape index (κ3) is 5.35. The summed E-state index contributed by atoms with van der Waals surface area (Å²) >= 11 is 5.89. The van der Waals surface area contributed by atoms with Crippen LogP contribution in [0, 0.1) is 11.3 Å². The van der Waals surface area contributed by atoms with Crippen LogP contribution in [0.3, 0.4) is 0 Å². The van der Waals surface area contributed by atoms with Crippen molar-refractivity contribution in [1.82, 2.24) is 14.1 Å². The zero-order chi connectivity index (χ0) is 26.8. The van der Waals surface area contributed by atoms with Crippen molar-refractivity contribution in [2.75, 3.05) is 14.1 Å². The fourth-order valence-corrected chi connectivity index (χ4v) is 5.66. The third-order valence-electron chi connectivity index (χ3n) is 5.48. The van der Waals surface area contributed by atoms with Crippen molar-refractivity contribution >= 4 is 37.5 Å². The molecule has 4 rings (SSSR count). The summed E-state index contributed by atoms with van der Waals surface area (Å²) in [6.07, 6.45) is 2.88. The van der Waals surface area contributed by atoms with Crippen LogP contribution in [0.15, 0.2) is 99.8 Å². The van der Waals surface area contributed by atoms with Crippen LogP contribution < -0.4 is 0 Å². The standard InChI is InChI=1S/C26H21ClN4O4S2/c1-30(2)37(34,35)24-12-8-19(9-13-24)26-20(18-31(29-26)22-6-4-3-5-7-22)16-25(17-28)36(32,33)23-14-10-21(27)11-15-23/h3-16,18H,1-2H3. The van der Waals surface area contributed by atoms with Gasteiger partial charge in [0.2, 0.25) is 19.9 Å². The van der Waals surface area contributed by atoms with Crippen molar-refractivity contribution in [3.63, 3.8) is 0 Å². The number of sulfonamides is 1. The van der Waals surface area contributed by atoms with E-state index in [1.807, 2.05) is 30.3 Å². The van der Waals surface area contributed by atoms with Gasteiger partial charge in [0, 0.05) is 36.4 Å². The molecule has 1 heterocycles. The summed E-state index contributed by atoms with van der Waals surface area (Å²) in [7, 11) is -4.89. The second kappa shape index (κ2) is 10.3. The van der Waals surface area contributed by atoms with Gasteiger partial charge >= 0.3 is 0 Å². The van der Waals surface area contributed by atoms with Crippen molar-refractivity contribution in [1.29, 1.82) is 5.26 Å². The number of hydrogen-bond acceptors (Lipinski definition) is 6. The lowest BCUT2D eigenvalue weighted by molar-refractivity contribution is 0.521. The Morgan fingerprint density at radius 1 is 0.919 bits per heavy atom. The number of allylic oxidation sites excluding steroid dienone is 1. The Bertz CT molecular complexity index is 1720. The molecule has 4 aromatic rings. The number of benzene rings is 3. The van der Waals surface area contributed by atoms with Crippen LogP contribution in [0.1, 0.15) is 5.56 Å². The average Bonchev–Trinajstić information content (AvgIpc) is 3.32. The monoisotopic (exact) mass is 552 g/mol. The van der Waals surface area contributed by atoms with Crippen molar-refractivity contribution in [2.24, 2.45) is 0 Å². The van der Waals surface area contributed by atoms with E-state index in [-0.39, 0.29) is 9.79 Å². The fraction of sp³-hybridized carbons (Fsp3) is 0.0769. The van der Waals surface area contributed by atoms with Gasteiger partial charge in [-0.25, -0.2) is 25.8 Å². The van der Waals surface area contributed by atoms with E-state index in [4.69, 9.17) is 11.6 Å². The van der Waals surface area contributed by atoms with E-state index in [2.05, 4.69) is 5.10 Å². The third-order valence-corrected chi connectivity index (χ3v) is 9.24. The van der Waals surface area contributed by atoms with Crippen LogP contribution in [0.4, 0.5) is 0 Å². The number of rotatable bonds is 7. The number of para-hydroxylation sites is 1. The lowest BCUT2D eigenvalue weighted by Gasteiger charge is -2.11. The molecule has 0 aliphatic heterocycles. The lowest BCUT2D eigenvalue weighted by Crippen LogP contribution is -2.22. The Morgan fingerprint density at radius 3 is 2.08 bits per heavy atom. The summed E-state index contributed by atoms with van der Waals surface area (Å²) < 4.78 is 54.0. The Balaban J connectivity index is 1.87. The second-order valence-electron chi connectivity index (χ2n) is 8.10. The van der Waals surface area contributed by atoms with Gasteiger partial charge in [-0.2, -0.15) is 10.4 Å². The molecule has 0 bridgehead atoms. The van der Waals surface area contributed by atoms with Gasteiger partial charge in [-0.3, -0.25) is 0 Å². The molecule has 1 aromatic heterocycles. The summed E-state index contributed by atoms with van der Waals surface area (Å²) in [5.41, 5.74) is 1.99. The topological polar surface area (TPSA) is 113 Å². The minimum absolute atomic E-state index is 0.0695. The first-order valence-corrected chi connectivity index (χ1v) is 14.1. The number of nitrogens with zero attached hydrogens (tertiary/aromatic N) is 4. The van der Waals surface area contributed by atoms with E-state index < -0.39 is 24.8 Å². The molecule has 0 radical (unpaired) electrons. The van der Waals surface area contributed by atoms with Crippen LogP contribution in [0.25, 0.3) is 23.0 Å². The molecule has 3 aromatic carbocycles.